The third kappa shape index (κ3) is 4.60. The average molecular weight is 297 g/mol. The summed E-state index contributed by atoms with van der Waals surface area (Å²) in [5.74, 6) is -1.35. The fraction of sp³-hybridized carbons (Fsp3) is 0.364. The van der Waals surface area contributed by atoms with Crippen molar-refractivity contribution in [2.75, 3.05) is 32.5 Å². The van der Waals surface area contributed by atoms with Crippen molar-refractivity contribution in [3.8, 4) is 0 Å². The molecule has 1 aromatic heterocycles. The van der Waals surface area contributed by atoms with Crippen molar-refractivity contribution in [3.05, 3.63) is 27.9 Å². The molecule has 0 spiro atoms. The zero-order valence-corrected chi connectivity index (χ0v) is 11.5. The SMILES string of the molecule is CN(C)C(=O)NCCNc1ncc(C(=O)O)cc1[N+](=O)[O-]. The molecule has 0 saturated heterocycles. The van der Waals surface area contributed by atoms with Gasteiger partial charge >= 0.3 is 17.7 Å². The van der Waals surface area contributed by atoms with Crippen LogP contribution in [0.25, 0.3) is 0 Å². The third-order valence-corrected chi connectivity index (χ3v) is 2.41. The van der Waals surface area contributed by atoms with Crippen LogP contribution >= 0.6 is 0 Å². The highest BCUT2D eigenvalue weighted by Gasteiger charge is 2.18. The number of urea groups is 1. The summed E-state index contributed by atoms with van der Waals surface area (Å²) in [5.41, 5.74) is -0.706. The molecule has 0 aliphatic rings. The summed E-state index contributed by atoms with van der Waals surface area (Å²) in [6.45, 7) is 0.441. The lowest BCUT2D eigenvalue weighted by atomic mass is 10.2. The van der Waals surface area contributed by atoms with Crippen LogP contribution in [0, 0.1) is 10.1 Å². The highest BCUT2D eigenvalue weighted by molar-refractivity contribution is 5.88. The van der Waals surface area contributed by atoms with Gasteiger partial charge in [0.25, 0.3) is 0 Å². The molecule has 0 aliphatic heterocycles. The van der Waals surface area contributed by atoms with Gasteiger partial charge in [-0.2, -0.15) is 0 Å². The maximum absolute atomic E-state index is 11.2. The second-order valence-electron chi connectivity index (χ2n) is 4.21. The molecule has 1 aromatic rings. The predicted octanol–water partition coefficient (Wildman–Crippen LogP) is 0.371. The van der Waals surface area contributed by atoms with Crippen LogP contribution in [0.2, 0.25) is 0 Å². The Bertz CT molecular complexity index is 560. The molecule has 114 valence electrons. The van der Waals surface area contributed by atoms with Gasteiger partial charge in [-0.3, -0.25) is 10.1 Å². The van der Waals surface area contributed by atoms with E-state index in [2.05, 4.69) is 15.6 Å². The molecule has 0 atom stereocenters. The topological polar surface area (TPSA) is 138 Å². The zero-order chi connectivity index (χ0) is 16.0. The Morgan fingerprint density at radius 2 is 2.10 bits per heavy atom. The predicted molar refractivity (Wildman–Crippen MR) is 73.4 cm³/mol. The minimum Gasteiger partial charge on any atom is -0.478 e. The van der Waals surface area contributed by atoms with Gasteiger partial charge in [-0.25, -0.2) is 14.6 Å². The fourth-order valence-corrected chi connectivity index (χ4v) is 1.35. The second kappa shape index (κ2) is 7.03. The summed E-state index contributed by atoms with van der Waals surface area (Å²) < 4.78 is 0. The number of carboxylic acid groups (broad SMARTS) is 1. The number of nitro groups is 1. The van der Waals surface area contributed by atoms with Gasteiger partial charge in [-0.15, -0.1) is 0 Å². The van der Waals surface area contributed by atoms with E-state index >= 15 is 0 Å². The zero-order valence-electron chi connectivity index (χ0n) is 11.5. The summed E-state index contributed by atoms with van der Waals surface area (Å²) in [4.78, 5) is 37.2. The molecule has 0 unspecified atom stereocenters. The normalized spacial score (nSPS) is 9.81. The number of hydrogen-bond donors (Lipinski definition) is 3. The highest BCUT2D eigenvalue weighted by Crippen LogP contribution is 2.22. The van der Waals surface area contributed by atoms with Gasteiger partial charge in [-0.1, -0.05) is 0 Å². The molecule has 3 N–H and O–H groups in total. The van der Waals surface area contributed by atoms with Crippen molar-refractivity contribution < 1.29 is 19.6 Å². The average Bonchev–Trinajstić information content (AvgIpc) is 2.42. The minimum absolute atomic E-state index is 0.0518. The number of carbonyl (C=O) groups excluding carboxylic acids is 1. The van der Waals surface area contributed by atoms with Gasteiger partial charge in [0.15, 0.2) is 0 Å². The summed E-state index contributed by atoms with van der Waals surface area (Å²) in [6, 6.07) is 0.635. The van der Waals surface area contributed by atoms with E-state index in [4.69, 9.17) is 5.11 Å². The molecule has 1 rings (SSSR count). The van der Waals surface area contributed by atoms with E-state index in [-0.39, 0.29) is 30.5 Å². The molecular weight excluding hydrogens is 282 g/mol. The van der Waals surface area contributed by atoms with E-state index in [1.807, 2.05) is 0 Å². The number of rotatable bonds is 6. The molecule has 2 amide bonds. The largest absolute Gasteiger partial charge is 0.478 e. The number of carbonyl (C=O) groups is 2. The van der Waals surface area contributed by atoms with Crippen LogP contribution in [0.5, 0.6) is 0 Å². The van der Waals surface area contributed by atoms with Gasteiger partial charge in [0.1, 0.15) is 0 Å². The first kappa shape index (κ1) is 16.1. The van der Waals surface area contributed by atoms with Crippen LogP contribution in [-0.4, -0.2) is 59.1 Å². The van der Waals surface area contributed by atoms with Crippen LogP contribution in [0.1, 0.15) is 10.4 Å². The van der Waals surface area contributed by atoms with Gasteiger partial charge in [0.05, 0.1) is 10.5 Å². The lowest BCUT2D eigenvalue weighted by Crippen LogP contribution is -2.37. The molecule has 0 fully saturated rings. The monoisotopic (exact) mass is 297 g/mol. The number of pyridine rings is 1. The Hall–Kier alpha value is -2.91. The molecule has 10 nitrogen and oxygen atoms in total. The van der Waals surface area contributed by atoms with Crippen LogP contribution in [0.3, 0.4) is 0 Å². The molecule has 0 radical (unpaired) electrons. The van der Waals surface area contributed by atoms with Crippen molar-refractivity contribution in [2.24, 2.45) is 0 Å². The van der Waals surface area contributed by atoms with Gasteiger partial charge in [0.2, 0.25) is 5.82 Å². The lowest BCUT2D eigenvalue weighted by Gasteiger charge is -2.12. The quantitative estimate of drug-likeness (QED) is 0.392. The Labute approximate surface area is 119 Å². The summed E-state index contributed by atoms with van der Waals surface area (Å²) >= 11 is 0. The second-order valence-corrected chi connectivity index (χ2v) is 4.21. The first-order chi connectivity index (χ1) is 9.82. The van der Waals surface area contributed by atoms with Crippen LogP contribution < -0.4 is 10.6 Å². The first-order valence-corrected chi connectivity index (χ1v) is 5.89. The molecule has 0 saturated carbocycles. The van der Waals surface area contributed by atoms with Crippen LogP contribution in [0.4, 0.5) is 16.3 Å². The number of nitrogens with one attached hydrogen (secondary N) is 2. The fourth-order valence-electron chi connectivity index (χ4n) is 1.35. The van der Waals surface area contributed by atoms with Gasteiger partial charge in [0, 0.05) is 39.4 Å². The summed E-state index contributed by atoms with van der Waals surface area (Å²) in [5, 5.41) is 24.9. The summed E-state index contributed by atoms with van der Waals surface area (Å²) in [7, 11) is 3.17. The van der Waals surface area contributed by atoms with Crippen LogP contribution in [-0.2, 0) is 0 Å². The number of carboxylic acids is 1. The molecular formula is C11H15N5O5. The Morgan fingerprint density at radius 1 is 1.43 bits per heavy atom. The number of aromatic nitrogens is 1. The lowest BCUT2D eigenvalue weighted by molar-refractivity contribution is -0.384. The summed E-state index contributed by atoms with van der Waals surface area (Å²) in [6.07, 6.45) is 1.02. The Kier molecular flexibility index (Phi) is 5.40. The van der Waals surface area contributed by atoms with E-state index in [1.165, 1.54) is 4.90 Å². The van der Waals surface area contributed by atoms with Crippen molar-refractivity contribution in [3.63, 3.8) is 0 Å². The first-order valence-electron chi connectivity index (χ1n) is 5.89. The Morgan fingerprint density at radius 3 is 2.62 bits per heavy atom. The highest BCUT2D eigenvalue weighted by atomic mass is 16.6. The smallest absolute Gasteiger partial charge is 0.337 e. The van der Waals surface area contributed by atoms with Gasteiger partial charge in [-0.05, 0) is 0 Å². The molecule has 1 heterocycles. The molecule has 10 heteroatoms. The van der Waals surface area contributed by atoms with Crippen LogP contribution in [0.15, 0.2) is 12.3 Å². The standard InChI is InChI=1S/C11H15N5O5/c1-15(2)11(19)13-4-3-12-9-8(16(20)21)5-7(6-14-9)10(17)18/h5-6H,3-4H2,1-2H3,(H,12,14)(H,13,19)(H,17,18). The van der Waals surface area contributed by atoms with Crippen molar-refractivity contribution >= 4 is 23.5 Å². The van der Waals surface area contributed by atoms with Gasteiger partial charge < -0.3 is 20.6 Å². The van der Waals surface area contributed by atoms with Crippen molar-refractivity contribution in [1.29, 1.82) is 0 Å². The molecule has 0 aromatic carbocycles. The maximum atomic E-state index is 11.2. The molecule has 0 bridgehead atoms. The number of amides is 2. The van der Waals surface area contributed by atoms with E-state index in [0.717, 1.165) is 12.3 Å². The maximum Gasteiger partial charge on any atom is 0.337 e. The number of aromatic carboxylic acids is 1. The number of anilines is 1. The van der Waals surface area contributed by atoms with Crippen molar-refractivity contribution in [2.45, 2.75) is 0 Å². The van der Waals surface area contributed by atoms with E-state index in [0.29, 0.717) is 0 Å². The van der Waals surface area contributed by atoms with Crippen molar-refractivity contribution in [1.82, 2.24) is 15.2 Å². The number of hydrogen-bond acceptors (Lipinski definition) is 6. The van der Waals surface area contributed by atoms with E-state index in [1.54, 1.807) is 14.1 Å². The Balaban J connectivity index is 2.68. The minimum atomic E-state index is -1.30. The van der Waals surface area contributed by atoms with E-state index in [9.17, 15) is 19.7 Å². The molecule has 21 heavy (non-hydrogen) atoms. The number of nitrogens with zero attached hydrogens (tertiary/aromatic N) is 3. The van der Waals surface area contributed by atoms with E-state index < -0.39 is 16.6 Å². The molecule has 0 aliphatic carbocycles. The third-order valence-electron chi connectivity index (χ3n) is 2.41.